The first kappa shape index (κ1) is 11.0. The highest BCUT2D eigenvalue weighted by atomic mass is 79.9. The number of hydrogen-bond donors (Lipinski definition) is 1. The summed E-state index contributed by atoms with van der Waals surface area (Å²) in [4.78, 5) is 0. The van der Waals surface area contributed by atoms with Crippen LogP contribution in [0.4, 0.5) is 5.69 Å². The van der Waals surface area contributed by atoms with Gasteiger partial charge in [-0.15, -0.1) is 0 Å². The molecule has 0 atom stereocenters. The monoisotopic (exact) mass is 281 g/mol. The second kappa shape index (κ2) is 4.57. The fourth-order valence-electron chi connectivity index (χ4n) is 1.36. The maximum Gasteiger partial charge on any atom is 0.134 e. The molecule has 2 rings (SSSR count). The average molecular weight is 282 g/mol. The smallest absolute Gasteiger partial charge is 0.134 e. The molecule has 0 amide bonds. The van der Waals surface area contributed by atoms with Crippen LogP contribution in [0.15, 0.2) is 34.9 Å². The van der Waals surface area contributed by atoms with Crippen molar-refractivity contribution in [2.45, 2.75) is 6.61 Å². The van der Waals surface area contributed by atoms with E-state index in [0.717, 1.165) is 15.9 Å². The van der Waals surface area contributed by atoms with Crippen molar-refractivity contribution in [2.24, 2.45) is 7.05 Å². The van der Waals surface area contributed by atoms with Crippen molar-refractivity contribution in [1.29, 1.82) is 0 Å². The minimum atomic E-state index is 0.408. The molecule has 1 heterocycles. The van der Waals surface area contributed by atoms with Gasteiger partial charge in [0.1, 0.15) is 12.4 Å². The number of nitrogen functional groups attached to an aromatic ring is 1. The Morgan fingerprint density at radius 1 is 1.44 bits per heavy atom. The predicted molar refractivity (Wildman–Crippen MR) is 66.1 cm³/mol. The number of para-hydroxylation sites is 1. The number of benzene rings is 1. The Balaban J connectivity index is 2.11. The van der Waals surface area contributed by atoms with Crippen molar-refractivity contribution in [2.75, 3.05) is 5.73 Å². The fourth-order valence-corrected chi connectivity index (χ4v) is 1.76. The number of hydrogen-bond acceptors (Lipinski definition) is 3. The summed E-state index contributed by atoms with van der Waals surface area (Å²) in [5.41, 5.74) is 7.29. The number of ether oxygens (including phenoxy) is 1. The van der Waals surface area contributed by atoms with Crippen molar-refractivity contribution in [3.8, 4) is 5.75 Å². The van der Waals surface area contributed by atoms with Crippen LogP contribution in [0.25, 0.3) is 0 Å². The molecule has 0 aliphatic heterocycles. The zero-order chi connectivity index (χ0) is 11.5. The molecular weight excluding hydrogens is 270 g/mol. The van der Waals surface area contributed by atoms with Gasteiger partial charge in [-0.1, -0.05) is 12.1 Å². The molecule has 2 N–H and O–H groups in total. The zero-order valence-corrected chi connectivity index (χ0v) is 10.4. The van der Waals surface area contributed by atoms with Crippen LogP contribution in [0.1, 0.15) is 5.69 Å². The van der Waals surface area contributed by atoms with Gasteiger partial charge in [0, 0.05) is 7.05 Å². The van der Waals surface area contributed by atoms with Crippen molar-refractivity contribution < 1.29 is 4.74 Å². The molecule has 0 aliphatic rings. The van der Waals surface area contributed by atoms with E-state index in [1.165, 1.54) is 0 Å². The van der Waals surface area contributed by atoms with Crippen LogP contribution in [0, 0.1) is 0 Å². The Hall–Kier alpha value is -1.49. The molecule has 0 bridgehead atoms. The third-order valence-corrected chi connectivity index (χ3v) is 2.95. The molecule has 16 heavy (non-hydrogen) atoms. The van der Waals surface area contributed by atoms with E-state index in [1.54, 1.807) is 10.9 Å². The first-order valence-electron chi connectivity index (χ1n) is 4.82. The topological polar surface area (TPSA) is 53.1 Å². The fraction of sp³-hybridized carbons (Fsp3) is 0.182. The van der Waals surface area contributed by atoms with Gasteiger partial charge in [0.2, 0.25) is 0 Å². The van der Waals surface area contributed by atoms with Crippen LogP contribution in [0.2, 0.25) is 0 Å². The number of anilines is 1. The van der Waals surface area contributed by atoms with E-state index in [2.05, 4.69) is 21.0 Å². The highest BCUT2D eigenvalue weighted by molar-refractivity contribution is 9.10. The first-order chi connectivity index (χ1) is 7.68. The second-order valence-electron chi connectivity index (χ2n) is 3.39. The van der Waals surface area contributed by atoms with E-state index in [1.807, 2.05) is 31.3 Å². The van der Waals surface area contributed by atoms with Crippen molar-refractivity contribution >= 4 is 21.6 Å². The number of nitrogens with two attached hydrogens (primary N) is 1. The summed E-state index contributed by atoms with van der Waals surface area (Å²) in [5, 5.41) is 4.05. The summed E-state index contributed by atoms with van der Waals surface area (Å²) >= 11 is 3.42. The molecule has 0 aliphatic carbocycles. The molecule has 2 aromatic rings. The Morgan fingerprint density at radius 3 is 2.81 bits per heavy atom. The molecule has 5 heteroatoms. The van der Waals surface area contributed by atoms with Gasteiger partial charge in [-0.25, -0.2) is 0 Å². The molecule has 0 fully saturated rings. The average Bonchev–Trinajstić information content (AvgIpc) is 2.58. The quantitative estimate of drug-likeness (QED) is 0.940. The number of rotatable bonds is 3. The zero-order valence-electron chi connectivity index (χ0n) is 8.85. The van der Waals surface area contributed by atoms with Crippen LogP contribution in [0.5, 0.6) is 5.75 Å². The Kier molecular flexibility index (Phi) is 3.14. The van der Waals surface area contributed by atoms with Crippen LogP contribution >= 0.6 is 15.9 Å². The molecule has 0 unspecified atom stereocenters. The van der Waals surface area contributed by atoms with Crippen LogP contribution < -0.4 is 10.5 Å². The minimum Gasteiger partial charge on any atom is -0.486 e. The highest BCUT2D eigenvalue weighted by Crippen LogP contribution is 2.25. The third-order valence-electron chi connectivity index (χ3n) is 2.29. The lowest BCUT2D eigenvalue weighted by Crippen LogP contribution is -2.05. The molecule has 1 aromatic heterocycles. The molecule has 0 saturated heterocycles. The predicted octanol–water partition coefficient (Wildman–Crippen LogP) is 2.34. The molecule has 0 radical (unpaired) electrons. The van der Waals surface area contributed by atoms with Crippen LogP contribution in [-0.4, -0.2) is 9.78 Å². The SMILES string of the molecule is Cn1ncc(N)c1COc1ccccc1Br. The summed E-state index contributed by atoms with van der Waals surface area (Å²) in [7, 11) is 1.84. The summed E-state index contributed by atoms with van der Waals surface area (Å²) < 4.78 is 8.30. The number of nitrogens with zero attached hydrogens (tertiary/aromatic N) is 2. The maximum atomic E-state index is 5.77. The minimum absolute atomic E-state index is 0.408. The van der Waals surface area contributed by atoms with Crippen LogP contribution in [0.3, 0.4) is 0 Å². The van der Waals surface area contributed by atoms with Gasteiger partial charge < -0.3 is 10.5 Å². The van der Waals surface area contributed by atoms with Gasteiger partial charge in [-0.05, 0) is 28.1 Å². The van der Waals surface area contributed by atoms with Gasteiger partial charge in [0.25, 0.3) is 0 Å². The Morgan fingerprint density at radius 2 is 2.19 bits per heavy atom. The number of aryl methyl sites for hydroxylation is 1. The van der Waals surface area contributed by atoms with E-state index in [9.17, 15) is 0 Å². The van der Waals surface area contributed by atoms with Crippen LogP contribution in [-0.2, 0) is 13.7 Å². The lowest BCUT2D eigenvalue weighted by Gasteiger charge is -2.08. The first-order valence-corrected chi connectivity index (χ1v) is 5.61. The van der Waals surface area contributed by atoms with Gasteiger partial charge in [0.05, 0.1) is 22.1 Å². The maximum absolute atomic E-state index is 5.77. The number of halogens is 1. The molecule has 4 nitrogen and oxygen atoms in total. The van der Waals surface area contributed by atoms with E-state index in [4.69, 9.17) is 10.5 Å². The standard InChI is InChI=1S/C11H12BrN3O/c1-15-10(9(13)6-14-15)7-16-11-5-3-2-4-8(11)12/h2-6H,7,13H2,1H3. The van der Waals surface area contributed by atoms with Crippen molar-refractivity contribution in [3.63, 3.8) is 0 Å². The molecule has 1 aromatic carbocycles. The molecule has 84 valence electrons. The van der Waals surface area contributed by atoms with E-state index < -0.39 is 0 Å². The largest absolute Gasteiger partial charge is 0.486 e. The Bertz CT molecular complexity index is 476. The highest BCUT2D eigenvalue weighted by Gasteiger charge is 2.07. The van der Waals surface area contributed by atoms with Gasteiger partial charge in [-0.3, -0.25) is 4.68 Å². The lowest BCUT2D eigenvalue weighted by atomic mass is 10.3. The van der Waals surface area contributed by atoms with Gasteiger partial charge >= 0.3 is 0 Å². The van der Waals surface area contributed by atoms with Crippen molar-refractivity contribution in [1.82, 2.24) is 9.78 Å². The second-order valence-corrected chi connectivity index (χ2v) is 4.24. The summed E-state index contributed by atoms with van der Waals surface area (Å²) in [6.07, 6.45) is 1.62. The Labute approximate surface area is 102 Å². The van der Waals surface area contributed by atoms with E-state index in [0.29, 0.717) is 12.3 Å². The summed E-state index contributed by atoms with van der Waals surface area (Å²) in [6.45, 7) is 0.408. The van der Waals surface area contributed by atoms with Crippen molar-refractivity contribution in [3.05, 3.63) is 40.6 Å². The van der Waals surface area contributed by atoms with Gasteiger partial charge in [0.15, 0.2) is 0 Å². The van der Waals surface area contributed by atoms with E-state index >= 15 is 0 Å². The lowest BCUT2D eigenvalue weighted by molar-refractivity contribution is 0.294. The van der Waals surface area contributed by atoms with Gasteiger partial charge in [-0.2, -0.15) is 5.10 Å². The number of aromatic nitrogens is 2. The molecular formula is C11H12BrN3O. The van der Waals surface area contributed by atoms with E-state index in [-0.39, 0.29) is 0 Å². The summed E-state index contributed by atoms with van der Waals surface area (Å²) in [5.74, 6) is 0.795. The summed E-state index contributed by atoms with van der Waals surface area (Å²) in [6, 6.07) is 7.70. The molecule has 0 saturated carbocycles. The normalized spacial score (nSPS) is 10.4. The third kappa shape index (κ3) is 2.19. The molecule has 0 spiro atoms.